The van der Waals surface area contributed by atoms with E-state index in [9.17, 15) is 0 Å². The summed E-state index contributed by atoms with van der Waals surface area (Å²) >= 11 is 0. The number of nitrogens with zero attached hydrogens (tertiary/aromatic N) is 2. The molecule has 0 bridgehead atoms. The van der Waals surface area contributed by atoms with Gasteiger partial charge in [-0.1, -0.05) is 0 Å². The molecule has 3 unspecified atom stereocenters. The molecule has 0 aromatic rings. The normalized spacial score (nSPS) is 34.6. The van der Waals surface area contributed by atoms with E-state index in [2.05, 4.69) is 18.7 Å². The summed E-state index contributed by atoms with van der Waals surface area (Å²) in [4.78, 5) is 6.79. The minimum absolute atomic E-state index is 0.159. The van der Waals surface area contributed by atoms with Crippen LogP contribution < -0.4 is 5.73 Å². The first-order valence-electron chi connectivity index (χ1n) is 7.51. The van der Waals surface area contributed by atoms with Crippen LogP contribution in [0.4, 0.5) is 0 Å². The van der Waals surface area contributed by atoms with Crippen molar-refractivity contribution in [3.05, 3.63) is 0 Å². The molecule has 1 heterocycles. The Morgan fingerprint density at radius 3 is 2.68 bits per heavy atom. The van der Waals surface area contributed by atoms with Crippen LogP contribution in [-0.2, 0) is 9.47 Å². The monoisotopic (exact) mass is 269 g/mol. The molecule has 19 heavy (non-hydrogen) atoms. The van der Waals surface area contributed by atoms with Crippen molar-refractivity contribution in [2.45, 2.75) is 57.8 Å². The Bertz CT molecular complexity index is 323. The topological polar surface area (TPSA) is 60.1 Å². The quantitative estimate of drug-likeness (QED) is 0.605. The Morgan fingerprint density at radius 1 is 1.42 bits per heavy atom. The first-order valence-corrected chi connectivity index (χ1v) is 7.51. The van der Waals surface area contributed by atoms with Crippen molar-refractivity contribution in [3.8, 4) is 0 Å². The zero-order valence-corrected chi connectivity index (χ0v) is 12.4. The molecule has 0 aromatic carbocycles. The van der Waals surface area contributed by atoms with Gasteiger partial charge < -0.3 is 20.1 Å². The van der Waals surface area contributed by atoms with Gasteiger partial charge in [0.25, 0.3) is 0 Å². The van der Waals surface area contributed by atoms with Gasteiger partial charge in [0.15, 0.2) is 5.96 Å². The van der Waals surface area contributed by atoms with Gasteiger partial charge in [0.1, 0.15) is 5.60 Å². The predicted octanol–water partition coefficient (Wildman–Crippen LogP) is 1.37. The average Bonchev–Trinajstić information content (AvgIpc) is 2.91. The van der Waals surface area contributed by atoms with Crippen molar-refractivity contribution < 1.29 is 9.47 Å². The lowest BCUT2D eigenvalue weighted by atomic mass is 9.70. The smallest absolute Gasteiger partial charge is 0.191 e. The molecule has 0 aromatic heterocycles. The van der Waals surface area contributed by atoms with Gasteiger partial charge in [0.2, 0.25) is 0 Å². The van der Waals surface area contributed by atoms with Crippen molar-refractivity contribution in [1.29, 1.82) is 0 Å². The standard InChI is InChI=1S/C14H27N3O2/c1-4-17(5-2)13(15)16-11-10-12(18-6-3)14(11)8-7-9-19-14/h11-12H,4-10H2,1-3H3,(H2,15,16). The van der Waals surface area contributed by atoms with Crippen LogP contribution in [0.1, 0.15) is 40.0 Å². The van der Waals surface area contributed by atoms with E-state index in [1.807, 2.05) is 6.92 Å². The molecule has 1 aliphatic heterocycles. The summed E-state index contributed by atoms with van der Waals surface area (Å²) < 4.78 is 11.8. The van der Waals surface area contributed by atoms with Gasteiger partial charge in [-0.3, -0.25) is 0 Å². The minimum atomic E-state index is -0.201. The van der Waals surface area contributed by atoms with E-state index in [1.54, 1.807) is 0 Å². The van der Waals surface area contributed by atoms with Crippen molar-refractivity contribution in [2.24, 2.45) is 10.7 Å². The maximum Gasteiger partial charge on any atom is 0.191 e. The zero-order valence-electron chi connectivity index (χ0n) is 12.4. The molecule has 0 amide bonds. The van der Waals surface area contributed by atoms with Crippen molar-refractivity contribution in [3.63, 3.8) is 0 Å². The van der Waals surface area contributed by atoms with Crippen LogP contribution >= 0.6 is 0 Å². The predicted molar refractivity (Wildman–Crippen MR) is 76.3 cm³/mol. The molecule has 1 aliphatic carbocycles. The average molecular weight is 269 g/mol. The molecular formula is C14H27N3O2. The summed E-state index contributed by atoms with van der Waals surface area (Å²) in [5.41, 5.74) is 5.90. The Balaban J connectivity index is 2.07. The second kappa shape index (κ2) is 6.09. The molecule has 2 rings (SSSR count). The second-order valence-corrected chi connectivity index (χ2v) is 5.26. The van der Waals surface area contributed by atoms with Crippen LogP contribution in [0, 0.1) is 0 Å². The maximum absolute atomic E-state index is 6.10. The van der Waals surface area contributed by atoms with E-state index in [1.165, 1.54) is 0 Å². The molecule has 1 saturated heterocycles. The fourth-order valence-corrected chi connectivity index (χ4v) is 3.22. The fraction of sp³-hybridized carbons (Fsp3) is 0.929. The van der Waals surface area contributed by atoms with Crippen LogP contribution in [0.25, 0.3) is 0 Å². The van der Waals surface area contributed by atoms with Crippen LogP contribution in [0.2, 0.25) is 0 Å². The first kappa shape index (κ1) is 14.6. The number of ether oxygens (including phenoxy) is 2. The maximum atomic E-state index is 6.10. The van der Waals surface area contributed by atoms with Gasteiger partial charge >= 0.3 is 0 Å². The van der Waals surface area contributed by atoms with Gasteiger partial charge in [0, 0.05) is 32.7 Å². The van der Waals surface area contributed by atoms with Gasteiger partial charge in [-0.15, -0.1) is 0 Å². The van der Waals surface area contributed by atoms with Gasteiger partial charge in [-0.25, -0.2) is 4.99 Å². The molecule has 5 heteroatoms. The molecular weight excluding hydrogens is 242 g/mol. The van der Waals surface area contributed by atoms with Crippen LogP contribution in [0.15, 0.2) is 4.99 Å². The lowest BCUT2D eigenvalue weighted by Crippen LogP contribution is -2.63. The molecule has 110 valence electrons. The number of guanidine groups is 1. The van der Waals surface area contributed by atoms with E-state index in [0.29, 0.717) is 5.96 Å². The van der Waals surface area contributed by atoms with Crippen molar-refractivity contribution in [2.75, 3.05) is 26.3 Å². The Hall–Kier alpha value is -0.810. The van der Waals surface area contributed by atoms with Crippen LogP contribution in [0.3, 0.4) is 0 Å². The van der Waals surface area contributed by atoms with Crippen molar-refractivity contribution >= 4 is 5.96 Å². The summed E-state index contributed by atoms with van der Waals surface area (Å²) in [6.07, 6.45) is 3.26. The van der Waals surface area contributed by atoms with E-state index in [4.69, 9.17) is 20.2 Å². The Labute approximate surface area is 116 Å². The van der Waals surface area contributed by atoms with Crippen LogP contribution in [-0.4, -0.2) is 54.9 Å². The molecule has 2 aliphatic rings. The number of rotatable bonds is 5. The molecule has 2 fully saturated rings. The van der Waals surface area contributed by atoms with E-state index in [-0.39, 0.29) is 17.7 Å². The second-order valence-electron chi connectivity index (χ2n) is 5.26. The number of aliphatic imine (C=N–C) groups is 1. The molecule has 1 saturated carbocycles. The SMILES string of the molecule is CCOC1CC(N=C(N)N(CC)CC)C12CCCO2. The lowest BCUT2D eigenvalue weighted by molar-refractivity contribution is -0.189. The summed E-state index contributed by atoms with van der Waals surface area (Å²) in [6.45, 7) is 9.56. The Morgan fingerprint density at radius 2 is 2.16 bits per heavy atom. The van der Waals surface area contributed by atoms with E-state index < -0.39 is 0 Å². The third kappa shape index (κ3) is 2.58. The molecule has 5 nitrogen and oxygen atoms in total. The minimum Gasteiger partial charge on any atom is -0.375 e. The largest absolute Gasteiger partial charge is 0.375 e. The molecule has 0 radical (unpaired) electrons. The summed E-state index contributed by atoms with van der Waals surface area (Å²) in [5, 5.41) is 0. The first-order chi connectivity index (χ1) is 9.17. The highest BCUT2D eigenvalue weighted by Gasteiger charge is 2.59. The van der Waals surface area contributed by atoms with E-state index in [0.717, 1.165) is 45.6 Å². The van der Waals surface area contributed by atoms with Gasteiger partial charge in [-0.05, 0) is 33.6 Å². The molecule has 1 spiro atoms. The fourth-order valence-electron chi connectivity index (χ4n) is 3.22. The molecule has 2 N–H and O–H groups in total. The number of nitrogens with two attached hydrogens (primary N) is 1. The van der Waals surface area contributed by atoms with Crippen molar-refractivity contribution in [1.82, 2.24) is 4.90 Å². The summed E-state index contributed by atoms with van der Waals surface area (Å²) in [6, 6.07) is 0.159. The van der Waals surface area contributed by atoms with E-state index >= 15 is 0 Å². The third-order valence-electron chi connectivity index (χ3n) is 4.37. The highest BCUT2D eigenvalue weighted by Crippen LogP contribution is 2.47. The molecule has 3 atom stereocenters. The van der Waals surface area contributed by atoms with Gasteiger partial charge in [0.05, 0.1) is 12.1 Å². The highest BCUT2D eigenvalue weighted by molar-refractivity contribution is 5.78. The zero-order chi connectivity index (χ0) is 13.9. The van der Waals surface area contributed by atoms with Crippen LogP contribution in [0.5, 0.6) is 0 Å². The third-order valence-corrected chi connectivity index (χ3v) is 4.37. The number of hydrogen-bond donors (Lipinski definition) is 1. The summed E-state index contributed by atoms with van der Waals surface area (Å²) in [5.74, 6) is 0.639. The summed E-state index contributed by atoms with van der Waals surface area (Å²) in [7, 11) is 0. The Kier molecular flexibility index (Phi) is 4.68. The number of hydrogen-bond acceptors (Lipinski definition) is 3. The van der Waals surface area contributed by atoms with Gasteiger partial charge in [-0.2, -0.15) is 0 Å². The lowest BCUT2D eigenvalue weighted by Gasteiger charge is -2.50. The highest BCUT2D eigenvalue weighted by atomic mass is 16.6.